The molecule has 2 aromatic heterocycles. The summed E-state index contributed by atoms with van der Waals surface area (Å²) >= 11 is 0. The average molecular weight is 414 g/mol. The fraction of sp³-hybridized carbons (Fsp3) is 0.556. The SMILES string of the molecule is O=C(NCC[NH+]1CCOCC1)c1cc2n(n1)[C@H](C(F)(F)F)C[C@H](c1ccco1)N2. The molecule has 158 valence electrons. The number of carbonyl (C=O) groups excluding carboxylic acids is 1. The molecule has 0 unspecified atom stereocenters. The summed E-state index contributed by atoms with van der Waals surface area (Å²) in [6.45, 7) is 4.28. The fourth-order valence-electron chi connectivity index (χ4n) is 3.71. The molecule has 2 aromatic rings. The maximum absolute atomic E-state index is 13.6. The number of amides is 1. The van der Waals surface area contributed by atoms with Crippen molar-refractivity contribution >= 4 is 11.7 Å². The highest BCUT2D eigenvalue weighted by Gasteiger charge is 2.47. The third-order valence-electron chi connectivity index (χ3n) is 5.27. The summed E-state index contributed by atoms with van der Waals surface area (Å²) in [5, 5.41) is 9.68. The van der Waals surface area contributed by atoms with Crippen molar-refractivity contribution in [2.24, 2.45) is 0 Å². The molecule has 1 amide bonds. The van der Waals surface area contributed by atoms with Gasteiger partial charge in [0.1, 0.15) is 24.7 Å². The lowest BCUT2D eigenvalue weighted by Crippen LogP contribution is -3.14. The van der Waals surface area contributed by atoms with Crippen molar-refractivity contribution in [1.29, 1.82) is 0 Å². The number of quaternary nitrogens is 1. The summed E-state index contributed by atoms with van der Waals surface area (Å²) in [5.41, 5.74) is -0.0428. The van der Waals surface area contributed by atoms with Crippen molar-refractivity contribution in [3.05, 3.63) is 35.9 Å². The van der Waals surface area contributed by atoms with Gasteiger partial charge in [-0.1, -0.05) is 0 Å². The van der Waals surface area contributed by atoms with Crippen LogP contribution in [0.3, 0.4) is 0 Å². The second kappa shape index (κ2) is 8.07. The van der Waals surface area contributed by atoms with Gasteiger partial charge in [-0.25, -0.2) is 4.68 Å². The second-order valence-corrected chi connectivity index (χ2v) is 7.23. The largest absolute Gasteiger partial charge is 0.467 e. The molecule has 0 aliphatic carbocycles. The van der Waals surface area contributed by atoms with Crippen LogP contribution in [0.4, 0.5) is 19.0 Å². The fourth-order valence-corrected chi connectivity index (χ4v) is 3.71. The van der Waals surface area contributed by atoms with Crippen molar-refractivity contribution in [3.63, 3.8) is 0 Å². The number of hydrogen-bond donors (Lipinski definition) is 3. The normalized spacial score (nSPS) is 22.7. The first-order chi connectivity index (χ1) is 13.9. The number of nitrogens with one attached hydrogen (secondary N) is 3. The van der Waals surface area contributed by atoms with Crippen LogP contribution >= 0.6 is 0 Å². The van der Waals surface area contributed by atoms with Gasteiger partial charge in [-0.3, -0.25) is 4.79 Å². The third kappa shape index (κ3) is 4.40. The Balaban J connectivity index is 1.46. The summed E-state index contributed by atoms with van der Waals surface area (Å²) in [7, 11) is 0. The molecule has 2 aliphatic heterocycles. The monoisotopic (exact) mass is 414 g/mol. The highest BCUT2D eigenvalue weighted by Crippen LogP contribution is 2.43. The number of ether oxygens (including phenoxy) is 1. The molecule has 0 spiro atoms. The highest BCUT2D eigenvalue weighted by atomic mass is 19.4. The number of rotatable bonds is 5. The number of furan rings is 1. The smallest absolute Gasteiger partial charge is 0.410 e. The number of alkyl halides is 3. The minimum Gasteiger partial charge on any atom is -0.467 e. The summed E-state index contributed by atoms with van der Waals surface area (Å²) < 4.78 is 52.3. The van der Waals surface area contributed by atoms with Gasteiger partial charge in [-0.2, -0.15) is 18.3 Å². The van der Waals surface area contributed by atoms with Gasteiger partial charge in [0.05, 0.1) is 38.6 Å². The Bertz CT molecular complexity index is 830. The van der Waals surface area contributed by atoms with Crippen molar-refractivity contribution in [2.75, 3.05) is 44.7 Å². The van der Waals surface area contributed by atoms with E-state index >= 15 is 0 Å². The molecule has 4 heterocycles. The molecule has 2 atom stereocenters. The Labute approximate surface area is 165 Å². The lowest BCUT2D eigenvalue weighted by Gasteiger charge is -2.32. The summed E-state index contributed by atoms with van der Waals surface area (Å²) in [4.78, 5) is 13.7. The van der Waals surface area contributed by atoms with E-state index in [0.29, 0.717) is 25.5 Å². The van der Waals surface area contributed by atoms with Crippen LogP contribution in [0, 0.1) is 0 Å². The van der Waals surface area contributed by atoms with Gasteiger partial charge in [-0.05, 0) is 12.1 Å². The lowest BCUT2D eigenvalue weighted by atomic mass is 10.0. The number of aromatic nitrogens is 2. The lowest BCUT2D eigenvalue weighted by molar-refractivity contribution is -0.906. The van der Waals surface area contributed by atoms with E-state index in [-0.39, 0.29) is 17.9 Å². The van der Waals surface area contributed by atoms with Crippen LogP contribution in [0.2, 0.25) is 0 Å². The van der Waals surface area contributed by atoms with Gasteiger partial charge in [0.15, 0.2) is 11.7 Å². The van der Waals surface area contributed by atoms with Gasteiger partial charge < -0.3 is 24.7 Å². The predicted molar refractivity (Wildman–Crippen MR) is 95.7 cm³/mol. The number of carbonyl (C=O) groups is 1. The Morgan fingerprint density at radius 2 is 2.17 bits per heavy atom. The predicted octanol–water partition coefficient (Wildman–Crippen LogP) is 0.781. The van der Waals surface area contributed by atoms with E-state index in [9.17, 15) is 18.0 Å². The molecular weight excluding hydrogens is 391 g/mol. The zero-order chi connectivity index (χ0) is 20.4. The van der Waals surface area contributed by atoms with Crippen LogP contribution < -0.4 is 15.5 Å². The van der Waals surface area contributed by atoms with Gasteiger partial charge in [0.25, 0.3) is 5.91 Å². The average Bonchev–Trinajstić information content (AvgIpc) is 3.37. The molecule has 1 saturated heterocycles. The van der Waals surface area contributed by atoms with Crippen LogP contribution in [0.1, 0.15) is 34.8 Å². The topological polar surface area (TPSA) is 85.8 Å². The van der Waals surface area contributed by atoms with Gasteiger partial charge in [-0.15, -0.1) is 0 Å². The molecule has 0 radical (unpaired) electrons. The maximum atomic E-state index is 13.6. The molecule has 11 heteroatoms. The first kappa shape index (κ1) is 19.8. The Morgan fingerprint density at radius 1 is 1.38 bits per heavy atom. The van der Waals surface area contributed by atoms with Gasteiger partial charge in [0.2, 0.25) is 0 Å². The van der Waals surface area contributed by atoms with Crippen molar-refractivity contribution in [2.45, 2.75) is 24.7 Å². The minimum atomic E-state index is -4.50. The maximum Gasteiger partial charge on any atom is 0.410 e. The molecule has 1 fully saturated rings. The Kier molecular flexibility index (Phi) is 5.50. The Morgan fingerprint density at radius 3 is 2.86 bits per heavy atom. The molecule has 3 N–H and O–H groups in total. The summed E-state index contributed by atoms with van der Waals surface area (Å²) in [6, 6.07) is 2.11. The van der Waals surface area contributed by atoms with E-state index < -0.39 is 24.2 Å². The van der Waals surface area contributed by atoms with E-state index in [1.54, 1.807) is 12.1 Å². The van der Waals surface area contributed by atoms with Gasteiger partial charge >= 0.3 is 6.18 Å². The minimum absolute atomic E-state index is 0.0428. The standard InChI is InChI=1S/C18H22F3N5O3/c19-18(20,21)15-10-12(14-2-1-7-29-14)23-16-11-13(24-26(15)16)17(27)22-3-4-25-5-8-28-9-6-25/h1-2,7,11-12,15,23H,3-6,8-10H2,(H,22,27)/p+1/t12-,15+/m1/s1. The van der Waals surface area contributed by atoms with Crippen LogP contribution in [-0.4, -0.2) is 61.3 Å². The zero-order valence-corrected chi connectivity index (χ0v) is 15.7. The Hall–Kier alpha value is -2.53. The number of morpholine rings is 1. The quantitative estimate of drug-likeness (QED) is 0.674. The van der Waals surface area contributed by atoms with Gasteiger partial charge in [0, 0.05) is 12.5 Å². The first-order valence-electron chi connectivity index (χ1n) is 9.57. The molecular formula is C18H23F3N5O3+. The van der Waals surface area contributed by atoms with Crippen molar-refractivity contribution in [3.8, 4) is 0 Å². The van der Waals surface area contributed by atoms with E-state index in [4.69, 9.17) is 9.15 Å². The van der Waals surface area contributed by atoms with Crippen LogP contribution in [-0.2, 0) is 4.74 Å². The van der Waals surface area contributed by atoms with E-state index in [2.05, 4.69) is 15.7 Å². The van der Waals surface area contributed by atoms with Crippen molar-refractivity contribution < 1.29 is 32.0 Å². The number of halogens is 3. The summed E-state index contributed by atoms with van der Waals surface area (Å²) in [6.07, 6.45) is -3.35. The zero-order valence-electron chi connectivity index (χ0n) is 15.7. The third-order valence-corrected chi connectivity index (χ3v) is 5.27. The number of nitrogens with zero attached hydrogens (tertiary/aromatic N) is 2. The molecule has 8 nitrogen and oxygen atoms in total. The van der Waals surface area contributed by atoms with E-state index in [1.165, 1.54) is 17.2 Å². The van der Waals surface area contributed by atoms with E-state index in [1.807, 2.05) is 0 Å². The van der Waals surface area contributed by atoms with Crippen LogP contribution in [0.15, 0.2) is 28.9 Å². The molecule has 0 aromatic carbocycles. The number of hydrogen-bond acceptors (Lipinski definition) is 5. The van der Waals surface area contributed by atoms with Crippen LogP contribution in [0.25, 0.3) is 0 Å². The van der Waals surface area contributed by atoms with E-state index in [0.717, 1.165) is 24.3 Å². The second-order valence-electron chi connectivity index (χ2n) is 7.23. The molecule has 2 aliphatic rings. The molecule has 4 rings (SSSR count). The molecule has 0 bridgehead atoms. The molecule has 29 heavy (non-hydrogen) atoms. The molecule has 0 saturated carbocycles. The summed E-state index contributed by atoms with van der Waals surface area (Å²) in [5.74, 6) is 0.0620. The van der Waals surface area contributed by atoms with Crippen molar-refractivity contribution in [1.82, 2.24) is 15.1 Å². The number of fused-ring (bicyclic) bond motifs is 1. The first-order valence-corrected chi connectivity index (χ1v) is 9.57. The highest BCUT2D eigenvalue weighted by molar-refractivity contribution is 5.93. The van der Waals surface area contributed by atoms with Crippen LogP contribution in [0.5, 0.6) is 0 Å². The number of anilines is 1.